The van der Waals surface area contributed by atoms with Gasteiger partial charge in [-0.3, -0.25) is 9.36 Å². The van der Waals surface area contributed by atoms with Gasteiger partial charge in [-0.25, -0.2) is 9.37 Å². The van der Waals surface area contributed by atoms with E-state index in [4.69, 9.17) is 10.3 Å². The fourth-order valence-corrected chi connectivity index (χ4v) is 3.86. The number of nitrogens with two attached hydrogens (primary N) is 1. The highest BCUT2D eigenvalue weighted by molar-refractivity contribution is 5.98. The van der Waals surface area contributed by atoms with Crippen molar-refractivity contribution in [1.29, 1.82) is 0 Å². The van der Waals surface area contributed by atoms with Gasteiger partial charge in [0.25, 0.3) is 11.8 Å². The van der Waals surface area contributed by atoms with E-state index in [0.717, 1.165) is 11.1 Å². The molecule has 0 spiro atoms. The minimum atomic E-state index is -0.843. The highest BCUT2D eigenvalue weighted by atomic mass is 35.5. The van der Waals surface area contributed by atoms with Crippen LogP contribution in [0, 0.1) is 5.82 Å². The summed E-state index contributed by atoms with van der Waals surface area (Å²) in [5.41, 5.74) is 10.2. The Bertz CT molecular complexity index is 1280. The number of rotatable bonds is 6. The lowest BCUT2D eigenvalue weighted by atomic mass is 9.89. The number of imidazole rings is 1. The first kappa shape index (κ1) is 26.3. The van der Waals surface area contributed by atoms with E-state index < -0.39 is 11.4 Å². The number of nitrogens with zero attached hydrogens (tertiary/aromatic N) is 5. The molecular formula is C25H30ClFN6O2. The summed E-state index contributed by atoms with van der Waals surface area (Å²) >= 11 is 0. The van der Waals surface area contributed by atoms with Crippen LogP contribution in [0.1, 0.15) is 62.4 Å². The Balaban J connectivity index is 0.00000342. The summed E-state index contributed by atoms with van der Waals surface area (Å²) in [7, 11) is 1.66. The predicted octanol–water partition coefficient (Wildman–Crippen LogP) is 4.94. The number of carbonyl (C=O) groups excluding carboxylic acids is 1. The molecule has 0 bridgehead atoms. The molecule has 1 aliphatic heterocycles. The molecule has 0 saturated heterocycles. The Labute approximate surface area is 210 Å². The Kier molecular flexibility index (Phi) is 7.62. The first-order chi connectivity index (χ1) is 16.1. The van der Waals surface area contributed by atoms with E-state index in [1.165, 1.54) is 17.0 Å². The topological polar surface area (TPSA) is 103 Å². The Hall–Kier alpha value is -3.30. The van der Waals surface area contributed by atoms with Crippen molar-refractivity contribution >= 4 is 18.3 Å². The van der Waals surface area contributed by atoms with Crippen molar-refractivity contribution in [3.63, 3.8) is 0 Å². The summed E-state index contributed by atoms with van der Waals surface area (Å²) in [6, 6.07) is 4.13. The maximum absolute atomic E-state index is 13.9. The van der Waals surface area contributed by atoms with Gasteiger partial charge in [0.15, 0.2) is 11.5 Å². The average Bonchev–Trinajstić information content (AvgIpc) is 3.41. The van der Waals surface area contributed by atoms with Crippen LogP contribution in [0.15, 0.2) is 52.3 Å². The minimum Gasteiger partial charge on any atom is -0.336 e. The number of benzene rings is 1. The van der Waals surface area contributed by atoms with Crippen LogP contribution in [0.5, 0.6) is 0 Å². The lowest BCUT2D eigenvalue weighted by molar-refractivity contribution is 0.0787. The number of hydrogen-bond acceptors (Lipinski definition) is 6. The lowest BCUT2D eigenvalue weighted by Gasteiger charge is -2.23. The third-order valence-corrected chi connectivity index (χ3v) is 5.87. The van der Waals surface area contributed by atoms with Crippen LogP contribution in [0.4, 0.5) is 4.39 Å². The molecule has 0 aliphatic carbocycles. The summed E-state index contributed by atoms with van der Waals surface area (Å²) in [6.07, 6.45) is 6.81. The summed E-state index contributed by atoms with van der Waals surface area (Å²) in [5.74, 6) is -0.142. The standard InChI is InChI=1S/C25H29FN6O2.ClH/c1-15(2)8-10-25(27,11-9-16(3)4)24-29-22(34-30-24)21-20-13-31(5)23(33)18-12-17(26)6-7-19(18)32(20)14-28-21;/h6-9,12,14H,10-11,13,27H2,1-5H3;1H. The second kappa shape index (κ2) is 10.1. The Morgan fingerprint density at radius 3 is 2.49 bits per heavy atom. The van der Waals surface area contributed by atoms with Gasteiger partial charge in [0, 0.05) is 7.05 Å². The van der Waals surface area contributed by atoms with Crippen molar-refractivity contribution in [1.82, 2.24) is 24.6 Å². The average molecular weight is 501 g/mol. The van der Waals surface area contributed by atoms with Crippen LogP contribution < -0.4 is 5.73 Å². The molecule has 0 saturated carbocycles. The van der Waals surface area contributed by atoms with Gasteiger partial charge in [0.05, 0.1) is 29.0 Å². The van der Waals surface area contributed by atoms with E-state index in [-0.39, 0.29) is 36.3 Å². The zero-order valence-corrected chi connectivity index (χ0v) is 21.3. The summed E-state index contributed by atoms with van der Waals surface area (Å²) in [6.45, 7) is 8.32. The number of allylic oxidation sites excluding steroid dienone is 2. The molecule has 0 unspecified atom stereocenters. The molecule has 1 aromatic carbocycles. The zero-order chi connectivity index (χ0) is 24.6. The van der Waals surface area contributed by atoms with E-state index in [1.54, 1.807) is 24.0 Å². The molecule has 10 heteroatoms. The van der Waals surface area contributed by atoms with Gasteiger partial charge < -0.3 is 15.2 Å². The van der Waals surface area contributed by atoms with E-state index in [2.05, 4.69) is 27.3 Å². The van der Waals surface area contributed by atoms with Gasteiger partial charge in [-0.05, 0) is 58.7 Å². The van der Waals surface area contributed by atoms with Crippen molar-refractivity contribution in [2.24, 2.45) is 5.73 Å². The van der Waals surface area contributed by atoms with Gasteiger partial charge in [0.2, 0.25) is 0 Å². The van der Waals surface area contributed by atoms with Gasteiger partial charge >= 0.3 is 0 Å². The molecule has 0 radical (unpaired) electrons. The molecule has 2 aromatic heterocycles. The fourth-order valence-electron chi connectivity index (χ4n) is 3.86. The maximum Gasteiger partial charge on any atom is 0.278 e. The number of amides is 1. The molecule has 1 aliphatic rings. The van der Waals surface area contributed by atoms with E-state index in [9.17, 15) is 9.18 Å². The Morgan fingerprint density at radius 1 is 1.20 bits per heavy atom. The van der Waals surface area contributed by atoms with Crippen molar-refractivity contribution in [2.75, 3.05) is 7.05 Å². The van der Waals surface area contributed by atoms with Crippen LogP contribution in [-0.4, -0.2) is 37.5 Å². The molecule has 186 valence electrons. The minimum absolute atomic E-state index is 0. The molecule has 2 N–H and O–H groups in total. The maximum atomic E-state index is 13.9. The van der Waals surface area contributed by atoms with E-state index >= 15 is 0 Å². The molecule has 4 rings (SSSR count). The number of halogens is 2. The molecular weight excluding hydrogens is 471 g/mol. The molecule has 35 heavy (non-hydrogen) atoms. The first-order valence-corrected chi connectivity index (χ1v) is 11.1. The van der Waals surface area contributed by atoms with Crippen LogP contribution in [0.3, 0.4) is 0 Å². The number of aromatic nitrogens is 4. The number of hydrogen-bond donors (Lipinski definition) is 1. The van der Waals surface area contributed by atoms with Gasteiger partial charge in [-0.15, -0.1) is 12.4 Å². The number of carbonyl (C=O) groups is 1. The molecule has 8 nitrogen and oxygen atoms in total. The van der Waals surface area contributed by atoms with Crippen molar-refractivity contribution in [3.05, 3.63) is 70.7 Å². The van der Waals surface area contributed by atoms with E-state index in [0.29, 0.717) is 35.7 Å². The van der Waals surface area contributed by atoms with E-state index in [1.807, 2.05) is 27.7 Å². The van der Waals surface area contributed by atoms with Crippen LogP contribution in [-0.2, 0) is 12.1 Å². The molecule has 0 atom stereocenters. The second-order valence-electron chi connectivity index (χ2n) is 9.28. The molecule has 0 fully saturated rings. The van der Waals surface area contributed by atoms with Gasteiger partial charge in [0.1, 0.15) is 12.1 Å². The van der Waals surface area contributed by atoms with Crippen LogP contribution in [0.2, 0.25) is 0 Å². The van der Waals surface area contributed by atoms with Gasteiger partial charge in [-0.2, -0.15) is 4.98 Å². The smallest absolute Gasteiger partial charge is 0.278 e. The predicted molar refractivity (Wildman–Crippen MR) is 134 cm³/mol. The SMILES string of the molecule is CC(C)=CCC(N)(CC=C(C)C)c1noc(-c2ncn3c2CN(C)C(=O)c2cc(F)ccc2-3)n1.Cl. The lowest BCUT2D eigenvalue weighted by Crippen LogP contribution is -2.37. The quantitative estimate of drug-likeness (QED) is 0.481. The second-order valence-corrected chi connectivity index (χ2v) is 9.28. The first-order valence-electron chi connectivity index (χ1n) is 11.1. The van der Waals surface area contributed by atoms with Gasteiger partial charge in [-0.1, -0.05) is 28.5 Å². The van der Waals surface area contributed by atoms with Crippen LogP contribution in [0.25, 0.3) is 17.3 Å². The van der Waals surface area contributed by atoms with Crippen LogP contribution >= 0.6 is 12.4 Å². The fraction of sp³-hybridized carbons (Fsp3) is 0.360. The summed E-state index contributed by atoms with van der Waals surface area (Å²) < 4.78 is 21.2. The zero-order valence-electron chi connectivity index (χ0n) is 20.5. The number of fused-ring (bicyclic) bond motifs is 3. The summed E-state index contributed by atoms with van der Waals surface area (Å²) in [5, 5.41) is 4.21. The highest BCUT2D eigenvalue weighted by Crippen LogP contribution is 2.32. The molecule has 1 amide bonds. The largest absolute Gasteiger partial charge is 0.336 e. The van der Waals surface area contributed by atoms with Crippen molar-refractivity contribution in [3.8, 4) is 17.3 Å². The summed E-state index contributed by atoms with van der Waals surface area (Å²) in [4.78, 5) is 23.5. The van der Waals surface area contributed by atoms with Crippen molar-refractivity contribution in [2.45, 2.75) is 52.6 Å². The molecule has 3 aromatic rings. The normalized spacial score (nSPS) is 12.9. The highest BCUT2D eigenvalue weighted by Gasteiger charge is 2.33. The third-order valence-electron chi connectivity index (χ3n) is 5.87. The monoisotopic (exact) mass is 500 g/mol. The van der Waals surface area contributed by atoms with Crippen molar-refractivity contribution < 1.29 is 13.7 Å². The third kappa shape index (κ3) is 5.21. The molecule has 3 heterocycles. The Morgan fingerprint density at radius 2 is 1.86 bits per heavy atom.